The first kappa shape index (κ1) is 15.0. The molecule has 0 fully saturated rings. The third-order valence-corrected chi connectivity index (χ3v) is 1.17. The second-order valence-electron chi connectivity index (χ2n) is 3.68. The molecule has 0 saturated heterocycles. The minimum atomic E-state index is -0.0315. The van der Waals surface area contributed by atoms with E-state index in [1.165, 1.54) is 0 Å². The van der Waals surface area contributed by atoms with E-state index in [2.05, 4.69) is 12.3 Å². The monoisotopic (exact) mass is 206 g/mol. The average molecular weight is 207 g/mol. The van der Waals surface area contributed by atoms with E-state index in [4.69, 9.17) is 0 Å². The number of rotatable bonds is 4. The van der Waals surface area contributed by atoms with Crippen LogP contribution in [0.3, 0.4) is 0 Å². The van der Waals surface area contributed by atoms with Crippen molar-refractivity contribution in [2.45, 2.75) is 19.8 Å². The molecule has 0 aromatic carbocycles. The molecule has 0 rings (SSSR count). The summed E-state index contributed by atoms with van der Waals surface area (Å²) in [5, 5.41) is 0. The summed E-state index contributed by atoms with van der Waals surface area (Å²) in [6.07, 6.45) is 5.52. The fourth-order valence-electron chi connectivity index (χ4n) is 0.725. The first-order valence-electron chi connectivity index (χ1n) is 4.26. The Kier molecular flexibility index (Phi) is 7.96. The highest BCUT2D eigenvalue weighted by atomic mass is 35.5. The number of hydrogen-bond acceptors (Lipinski definition) is 1. The van der Waals surface area contributed by atoms with E-state index in [-0.39, 0.29) is 18.3 Å². The molecule has 4 heteroatoms. The molecule has 3 nitrogen and oxygen atoms in total. The SMILES string of the molecule is CCCC=CC(=O)N[N+](C)(C)C.[Cl-]. The van der Waals surface area contributed by atoms with Crippen molar-refractivity contribution in [3.05, 3.63) is 12.2 Å². The Labute approximate surface area is 86.8 Å². The third kappa shape index (κ3) is 11.5. The van der Waals surface area contributed by atoms with Gasteiger partial charge in [0.05, 0.1) is 21.1 Å². The van der Waals surface area contributed by atoms with Crippen LogP contribution in [0.1, 0.15) is 19.8 Å². The Morgan fingerprint density at radius 1 is 1.38 bits per heavy atom. The van der Waals surface area contributed by atoms with Gasteiger partial charge in [-0.2, -0.15) is 5.43 Å². The molecule has 0 aromatic heterocycles. The van der Waals surface area contributed by atoms with Gasteiger partial charge in [0.2, 0.25) is 0 Å². The Morgan fingerprint density at radius 3 is 2.31 bits per heavy atom. The van der Waals surface area contributed by atoms with Crippen molar-refractivity contribution >= 4 is 5.91 Å². The van der Waals surface area contributed by atoms with E-state index >= 15 is 0 Å². The summed E-state index contributed by atoms with van der Waals surface area (Å²) in [5.74, 6) is -0.0315. The molecular formula is C9H19ClN2O. The Morgan fingerprint density at radius 2 is 1.92 bits per heavy atom. The molecule has 0 radical (unpaired) electrons. The smallest absolute Gasteiger partial charge is 0.288 e. The lowest BCUT2D eigenvalue weighted by Crippen LogP contribution is -3.00. The summed E-state index contributed by atoms with van der Waals surface area (Å²) in [6, 6.07) is 0. The molecule has 1 amide bonds. The molecule has 0 aliphatic carbocycles. The number of hydrogen-bond donors (Lipinski definition) is 1. The van der Waals surface area contributed by atoms with Crippen LogP contribution in [0, 0.1) is 0 Å². The lowest BCUT2D eigenvalue weighted by molar-refractivity contribution is -0.905. The Hall–Kier alpha value is -0.540. The van der Waals surface area contributed by atoms with Crippen LogP contribution in [-0.2, 0) is 4.79 Å². The van der Waals surface area contributed by atoms with Crippen LogP contribution < -0.4 is 17.8 Å². The van der Waals surface area contributed by atoms with Crippen molar-refractivity contribution < 1.29 is 21.8 Å². The van der Waals surface area contributed by atoms with Crippen LogP contribution >= 0.6 is 0 Å². The highest BCUT2D eigenvalue weighted by Crippen LogP contribution is 1.89. The number of halogens is 1. The highest BCUT2D eigenvalue weighted by molar-refractivity contribution is 5.86. The highest BCUT2D eigenvalue weighted by Gasteiger charge is 2.08. The van der Waals surface area contributed by atoms with Crippen molar-refractivity contribution in [3.8, 4) is 0 Å². The van der Waals surface area contributed by atoms with Crippen LogP contribution in [-0.4, -0.2) is 31.6 Å². The molecule has 0 aromatic rings. The normalized spacial score (nSPS) is 11.1. The minimum absolute atomic E-state index is 0. The van der Waals surface area contributed by atoms with Crippen molar-refractivity contribution in [1.82, 2.24) is 5.43 Å². The largest absolute Gasteiger partial charge is 1.00 e. The summed E-state index contributed by atoms with van der Waals surface area (Å²) >= 11 is 0. The van der Waals surface area contributed by atoms with Crippen molar-refractivity contribution in [2.75, 3.05) is 21.1 Å². The van der Waals surface area contributed by atoms with Crippen LogP contribution in [0.5, 0.6) is 0 Å². The molecule has 0 unspecified atom stereocenters. The zero-order valence-corrected chi connectivity index (χ0v) is 9.56. The summed E-state index contributed by atoms with van der Waals surface area (Å²) in [6.45, 7) is 2.09. The second kappa shape index (κ2) is 6.92. The molecule has 0 aliphatic heterocycles. The third-order valence-electron chi connectivity index (χ3n) is 1.17. The van der Waals surface area contributed by atoms with Gasteiger partial charge in [-0.1, -0.05) is 19.4 Å². The summed E-state index contributed by atoms with van der Waals surface area (Å²) in [7, 11) is 5.72. The molecule has 1 N–H and O–H groups in total. The van der Waals surface area contributed by atoms with Crippen molar-refractivity contribution in [3.63, 3.8) is 0 Å². The number of carbonyl (C=O) groups is 1. The van der Waals surface area contributed by atoms with E-state index in [0.29, 0.717) is 4.59 Å². The predicted molar refractivity (Wildman–Crippen MR) is 50.2 cm³/mol. The van der Waals surface area contributed by atoms with Crippen LogP contribution in [0.25, 0.3) is 0 Å². The quantitative estimate of drug-likeness (QED) is 0.325. The lowest BCUT2D eigenvalue weighted by Gasteiger charge is -2.22. The fraction of sp³-hybridized carbons (Fsp3) is 0.667. The average Bonchev–Trinajstić information content (AvgIpc) is 1.84. The van der Waals surface area contributed by atoms with E-state index in [9.17, 15) is 4.79 Å². The molecule has 0 atom stereocenters. The predicted octanol–water partition coefficient (Wildman–Crippen LogP) is -1.92. The number of amides is 1. The van der Waals surface area contributed by atoms with Gasteiger partial charge in [-0.3, -0.25) is 4.79 Å². The minimum Gasteiger partial charge on any atom is -1.00 e. The summed E-state index contributed by atoms with van der Waals surface area (Å²) < 4.78 is 0.454. The van der Waals surface area contributed by atoms with Gasteiger partial charge in [0.1, 0.15) is 0 Å². The van der Waals surface area contributed by atoms with Gasteiger partial charge in [-0.05, 0) is 6.42 Å². The van der Waals surface area contributed by atoms with Gasteiger partial charge in [-0.15, -0.1) is 0 Å². The summed E-state index contributed by atoms with van der Waals surface area (Å²) in [4.78, 5) is 11.1. The molecule has 0 heterocycles. The number of nitrogens with one attached hydrogen (secondary N) is 1. The van der Waals surface area contributed by atoms with Crippen molar-refractivity contribution in [1.29, 1.82) is 0 Å². The van der Waals surface area contributed by atoms with E-state index < -0.39 is 0 Å². The lowest BCUT2D eigenvalue weighted by atomic mass is 10.3. The maximum Gasteiger partial charge on any atom is 0.288 e. The number of carbonyl (C=O) groups excluding carboxylic acids is 1. The number of quaternary nitrogens is 1. The Bertz CT molecular complexity index is 173. The first-order chi connectivity index (χ1) is 5.45. The number of nitrogens with zero attached hydrogens (tertiary/aromatic N) is 1. The topological polar surface area (TPSA) is 29.1 Å². The number of unbranched alkanes of at least 4 members (excludes halogenated alkanes) is 1. The van der Waals surface area contributed by atoms with E-state index in [1.807, 2.05) is 27.2 Å². The molecule has 0 aliphatic rings. The van der Waals surface area contributed by atoms with Gasteiger partial charge < -0.3 is 12.4 Å². The molecule has 0 spiro atoms. The molecular weight excluding hydrogens is 188 g/mol. The maximum absolute atomic E-state index is 11.1. The van der Waals surface area contributed by atoms with Gasteiger partial charge in [0, 0.05) is 6.08 Å². The van der Waals surface area contributed by atoms with Crippen molar-refractivity contribution in [2.24, 2.45) is 0 Å². The van der Waals surface area contributed by atoms with E-state index in [0.717, 1.165) is 12.8 Å². The molecule has 0 saturated carbocycles. The van der Waals surface area contributed by atoms with Crippen LogP contribution in [0.2, 0.25) is 0 Å². The van der Waals surface area contributed by atoms with Gasteiger partial charge in [0.25, 0.3) is 5.91 Å². The maximum atomic E-state index is 11.1. The first-order valence-corrected chi connectivity index (χ1v) is 4.26. The molecule has 78 valence electrons. The summed E-state index contributed by atoms with van der Waals surface area (Å²) in [5.41, 5.74) is 2.79. The van der Waals surface area contributed by atoms with Gasteiger partial charge in [0.15, 0.2) is 0 Å². The Balaban J connectivity index is 0. The van der Waals surface area contributed by atoms with Crippen LogP contribution in [0.4, 0.5) is 0 Å². The van der Waals surface area contributed by atoms with Gasteiger partial charge >= 0.3 is 0 Å². The number of allylic oxidation sites excluding steroid dienone is 1. The zero-order valence-electron chi connectivity index (χ0n) is 8.80. The second-order valence-corrected chi connectivity index (χ2v) is 3.68. The molecule has 13 heavy (non-hydrogen) atoms. The standard InChI is InChI=1S/C9H18N2O.ClH/c1-5-6-7-8-9(12)10-11(2,3)4;/h7-8H,5-6H2,1-4H3;1H. The van der Waals surface area contributed by atoms with Crippen LogP contribution in [0.15, 0.2) is 12.2 Å². The zero-order chi connectivity index (χ0) is 9.61. The van der Waals surface area contributed by atoms with E-state index in [1.54, 1.807) is 6.08 Å². The molecule has 0 bridgehead atoms. The fourth-order valence-corrected chi connectivity index (χ4v) is 0.725. The van der Waals surface area contributed by atoms with Gasteiger partial charge in [-0.25, -0.2) is 4.59 Å².